The van der Waals surface area contributed by atoms with E-state index in [9.17, 15) is 4.79 Å². The van der Waals surface area contributed by atoms with Crippen LogP contribution in [0, 0.1) is 5.92 Å². The monoisotopic (exact) mass is 337 g/mol. The Labute approximate surface area is 144 Å². The third-order valence-electron chi connectivity index (χ3n) is 4.43. The normalized spacial score (nSPS) is 15.1. The van der Waals surface area contributed by atoms with Crippen LogP contribution in [0.25, 0.3) is 11.4 Å². The minimum Gasteiger partial charge on any atom is -0.342 e. The van der Waals surface area contributed by atoms with Gasteiger partial charge in [0, 0.05) is 30.6 Å². The van der Waals surface area contributed by atoms with Crippen LogP contribution >= 0.6 is 0 Å². The van der Waals surface area contributed by atoms with Gasteiger partial charge >= 0.3 is 0 Å². The number of imidazole rings is 1. The molecule has 0 radical (unpaired) electrons. The van der Waals surface area contributed by atoms with Gasteiger partial charge in [0.2, 0.25) is 5.82 Å². The molecule has 0 bridgehead atoms. The number of aromatic nitrogens is 6. The smallest absolute Gasteiger partial charge is 0.251 e. The first-order valence-electron chi connectivity index (χ1n) is 8.24. The van der Waals surface area contributed by atoms with E-state index in [1.165, 1.54) is 4.80 Å². The molecule has 8 nitrogen and oxygen atoms in total. The molecule has 2 aromatic heterocycles. The van der Waals surface area contributed by atoms with Crippen LogP contribution in [0.1, 0.15) is 35.1 Å². The molecule has 1 fully saturated rings. The Kier molecular flexibility index (Phi) is 3.79. The summed E-state index contributed by atoms with van der Waals surface area (Å²) in [5.41, 5.74) is 1.43. The number of carbonyl (C=O) groups excluding carboxylic acids is 1. The lowest BCUT2D eigenvalue weighted by molar-refractivity contribution is 0.0929. The molecule has 3 aromatic rings. The third-order valence-corrected chi connectivity index (χ3v) is 4.43. The zero-order chi connectivity index (χ0) is 17.4. The highest BCUT2D eigenvalue weighted by Gasteiger charge is 2.35. The first kappa shape index (κ1) is 15.5. The fraction of sp³-hybridized carbons (Fsp3) is 0.353. The van der Waals surface area contributed by atoms with Crippen LogP contribution in [0.5, 0.6) is 0 Å². The Morgan fingerprint density at radius 1 is 1.24 bits per heavy atom. The number of hydrogen-bond acceptors (Lipinski definition) is 5. The summed E-state index contributed by atoms with van der Waals surface area (Å²) in [5, 5.41) is 15.1. The van der Waals surface area contributed by atoms with Gasteiger partial charge in [0.1, 0.15) is 5.82 Å². The summed E-state index contributed by atoms with van der Waals surface area (Å²) in [6.45, 7) is 0. The van der Waals surface area contributed by atoms with Crippen LogP contribution in [0.4, 0.5) is 0 Å². The number of aryl methyl sites for hydroxylation is 2. The van der Waals surface area contributed by atoms with Crippen molar-refractivity contribution in [3.05, 3.63) is 48.0 Å². The largest absolute Gasteiger partial charge is 0.342 e. The van der Waals surface area contributed by atoms with Crippen molar-refractivity contribution in [3.63, 3.8) is 0 Å². The van der Waals surface area contributed by atoms with E-state index in [0.29, 0.717) is 17.3 Å². The van der Waals surface area contributed by atoms with Gasteiger partial charge in [-0.1, -0.05) is 12.1 Å². The number of nitrogens with one attached hydrogen (secondary N) is 1. The second-order valence-electron chi connectivity index (χ2n) is 6.36. The van der Waals surface area contributed by atoms with Crippen LogP contribution in [0.3, 0.4) is 0 Å². The van der Waals surface area contributed by atoms with E-state index in [4.69, 9.17) is 0 Å². The number of tetrazole rings is 1. The number of carbonyl (C=O) groups is 1. The van der Waals surface area contributed by atoms with Crippen LogP contribution in [-0.4, -0.2) is 35.7 Å². The Bertz CT molecular complexity index is 892. The topological polar surface area (TPSA) is 90.5 Å². The molecule has 8 heteroatoms. The van der Waals surface area contributed by atoms with Gasteiger partial charge < -0.3 is 9.88 Å². The Balaban J connectivity index is 1.51. The lowest BCUT2D eigenvalue weighted by atomic mass is 10.1. The third kappa shape index (κ3) is 3.15. The molecule has 1 N–H and O–H groups in total. The number of hydrogen-bond donors (Lipinski definition) is 1. The Morgan fingerprint density at radius 3 is 2.56 bits per heavy atom. The molecule has 0 saturated heterocycles. The SMILES string of the molecule is Cn1nnc(-c2ccc(C(=O)N[C@@H](c3nccn3C)C3CC3)cc2)n1. The average molecular weight is 337 g/mol. The molecular weight excluding hydrogens is 318 g/mol. The number of nitrogens with zero attached hydrogens (tertiary/aromatic N) is 6. The maximum atomic E-state index is 12.6. The zero-order valence-corrected chi connectivity index (χ0v) is 14.1. The van der Waals surface area contributed by atoms with E-state index in [0.717, 1.165) is 24.2 Å². The van der Waals surface area contributed by atoms with E-state index in [1.54, 1.807) is 25.4 Å². The molecule has 128 valence electrons. The predicted molar refractivity (Wildman–Crippen MR) is 90.4 cm³/mol. The maximum absolute atomic E-state index is 12.6. The Morgan fingerprint density at radius 2 is 2.00 bits per heavy atom. The molecule has 0 unspecified atom stereocenters. The minimum atomic E-state index is -0.0986. The molecule has 1 aliphatic rings. The molecule has 0 aliphatic heterocycles. The molecule has 1 aliphatic carbocycles. The molecule has 1 aromatic carbocycles. The van der Waals surface area contributed by atoms with Gasteiger partial charge in [-0.05, 0) is 36.1 Å². The first-order chi connectivity index (χ1) is 12.1. The minimum absolute atomic E-state index is 0.0474. The molecular formula is C17H19N7O. The highest BCUT2D eigenvalue weighted by Crippen LogP contribution is 2.40. The van der Waals surface area contributed by atoms with Crippen molar-refractivity contribution in [2.75, 3.05) is 0 Å². The van der Waals surface area contributed by atoms with Gasteiger partial charge in [0.05, 0.1) is 13.1 Å². The van der Waals surface area contributed by atoms with Gasteiger partial charge in [-0.25, -0.2) is 4.98 Å². The summed E-state index contributed by atoms with van der Waals surface area (Å²) < 4.78 is 1.96. The quantitative estimate of drug-likeness (QED) is 0.762. The van der Waals surface area contributed by atoms with E-state index in [1.807, 2.05) is 29.9 Å². The molecule has 4 rings (SSSR count). The van der Waals surface area contributed by atoms with Crippen LogP contribution < -0.4 is 5.32 Å². The average Bonchev–Trinajstić information content (AvgIpc) is 3.23. The van der Waals surface area contributed by atoms with Crippen molar-refractivity contribution in [1.82, 2.24) is 35.1 Å². The molecule has 0 spiro atoms. The van der Waals surface area contributed by atoms with E-state index >= 15 is 0 Å². The fourth-order valence-electron chi connectivity index (χ4n) is 2.89. The summed E-state index contributed by atoms with van der Waals surface area (Å²) >= 11 is 0. The fourth-order valence-corrected chi connectivity index (χ4v) is 2.89. The van der Waals surface area contributed by atoms with Gasteiger partial charge in [-0.3, -0.25) is 4.79 Å². The summed E-state index contributed by atoms with van der Waals surface area (Å²) in [4.78, 5) is 18.5. The second-order valence-corrected chi connectivity index (χ2v) is 6.36. The van der Waals surface area contributed by atoms with Crippen LogP contribution in [0.2, 0.25) is 0 Å². The second kappa shape index (κ2) is 6.12. The zero-order valence-electron chi connectivity index (χ0n) is 14.1. The van der Waals surface area contributed by atoms with Gasteiger partial charge in [-0.2, -0.15) is 4.80 Å². The van der Waals surface area contributed by atoms with Crippen molar-refractivity contribution in [3.8, 4) is 11.4 Å². The summed E-state index contributed by atoms with van der Waals surface area (Å²) in [6, 6.07) is 7.18. The van der Waals surface area contributed by atoms with Crippen molar-refractivity contribution < 1.29 is 4.79 Å². The van der Waals surface area contributed by atoms with Crippen molar-refractivity contribution in [2.24, 2.45) is 20.0 Å². The molecule has 2 heterocycles. The van der Waals surface area contributed by atoms with Gasteiger partial charge in [-0.15, -0.1) is 10.2 Å². The van der Waals surface area contributed by atoms with E-state index < -0.39 is 0 Å². The number of amides is 1. The number of benzene rings is 1. The lowest BCUT2D eigenvalue weighted by Crippen LogP contribution is -2.31. The standard InChI is InChI=1S/C17H19N7O/c1-23-10-9-18-16(23)14(11-3-4-11)19-17(25)13-7-5-12(6-8-13)15-20-22-24(2)21-15/h5-11,14H,3-4H2,1-2H3,(H,19,25)/t14-/m1/s1. The first-order valence-corrected chi connectivity index (χ1v) is 8.24. The molecule has 1 amide bonds. The van der Waals surface area contributed by atoms with E-state index in [2.05, 4.69) is 25.7 Å². The van der Waals surface area contributed by atoms with Crippen molar-refractivity contribution in [2.45, 2.75) is 18.9 Å². The summed E-state index contributed by atoms with van der Waals surface area (Å²) in [7, 11) is 3.67. The van der Waals surface area contributed by atoms with Crippen LogP contribution in [-0.2, 0) is 14.1 Å². The lowest BCUT2D eigenvalue weighted by Gasteiger charge is -2.18. The molecule has 25 heavy (non-hydrogen) atoms. The van der Waals surface area contributed by atoms with Crippen molar-refractivity contribution >= 4 is 5.91 Å². The highest BCUT2D eigenvalue weighted by molar-refractivity contribution is 5.94. The number of rotatable bonds is 5. The van der Waals surface area contributed by atoms with Gasteiger partial charge in [0.25, 0.3) is 5.91 Å². The van der Waals surface area contributed by atoms with Gasteiger partial charge in [0.15, 0.2) is 0 Å². The molecule has 1 saturated carbocycles. The van der Waals surface area contributed by atoms with Crippen LogP contribution in [0.15, 0.2) is 36.7 Å². The molecule has 1 atom stereocenters. The Hall–Kier alpha value is -3.03. The summed E-state index contributed by atoms with van der Waals surface area (Å²) in [6.07, 6.45) is 5.91. The van der Waals surface area contributed by atoms with Crippen molar-refractivity contribution in [1.29, 1.82) is 0 Å². The highest BCUT2D eigenvalue weighted by atomic mass is 16.1. The maximum Gasteiger partial charge on any atom is 0.251 e. The predicted octanol–water partition coefficient (Wildman–Crippen LogP) is 1.49. The van der Waals surface area contributed by atoms with E-state index in [-0.39, 0.29) is 11.9 Å². The summed E-state index contributed by atoms with van der Waals surface area (Å²) in [5.74, 6) is 1.81.